The number of carbonyl (C=O) groups is 1. The zero-order chi connectivity index (χ0) is 13.2. The maximum absolute atomic E-state index is 11.1. The predicted octanol–water partition coefficient (Wildman–Crippen LogP) is 1.16. The second-order valence-electron chi connectivity index (χ2n) is 5.42. The van der Waals surface area contributed by atoms with Gasteiger partial charge in [0.2, 0.25) is 0 Å². The highest BCUT2D eigenvalue weighted by atomic mass is 32.1. The first-order chi connectivity index (χ1) is 9.24. The van der Waals surface area contributed by atoms with Crippen LogP contribution >= 0.6 is 12.6 Å². The van der Waals surface area contributed by atoms with Crippen LogP contribution in [0, 0.1) is 5.92 Å². The third-order valence-corrected chi connectivity index (χ3v) is 4.19. The maximum atomic E-state index is 11.1. The van der Waals surface area contributed by atoms with Crippen LogP contribution in [0.25, 0.3) is 0 Å². The Kier molecular flexibility index (Phi) is 4.44. The summed E-state index contributed by atoms with van der Waals surface area (Å²) in [4.78, 5) is 11.1. The molecule has 3 aliphatic rings. The van der Waals surface area contributed by atoms with Gasteiger partial charge in [-0.2, -0.15) is 0 Å². The highest BCUT2D eigenvalue weighted by Crippen LogP contribution is 2.35. The molecule has 0 aromatic carbocycles. The molecule has 0 aromatic rings. The van der Waals surface area contributed by atoms with Crippen molar-refractivity contribution in [2.75, 3.05) is 19.8 Å². The number of thiol groups is 1. The number of hydrogen-bond acceptors (Lipinski definition) is 5. The lowest BCUT2D eigenvalue weighted by Crippen LogP contribution is -2.36. The van der Waals surface area contributed by atoms with E-state index in [-0.39, 0.29) is 35.6 Å². The molecule has 0 aliphatic carbocycles. The van der Waals surface area contributed by atoms with Crippen LogP contribution in [0.4, 0.5) is 0 Å². The van der Waals surface area contributed by atoms with Gasteiger partial charge in [-0.25, -0.2) is 0 Å². The summed E-state index contributed by atoms with van der Waals surface area (Å²) in [6, 6.07) is 0. The first kappa shape index (κ1) is 13.8. The molecule has 3 saturated heterocycles. The van der Waals surface area contributed by atoms with E-state index in [0.29, 0.717) is 19.6 Å². The summed E-state index contributed by atoms with van der Waals surface area (Å²) in [5.74, 6) is 0.107. The summed E-state index contributed by atoms with van der Waals surface area (Å²) < 4.78 is 23.0. The Hall–Kier alpha value is -0.140. The van der Waals surface area contributed by atoms with Crippen LogP contribution in [0.1, 0.15) is 25.7 Å². The van der Waals surface area contributed by atoms with Crippen molar-refractivity contribution in [3.05, 3.63) is 0 Å². The Morgan fingerprint density at radius 1 is 1.16 bits per heavy atom. The molecule has 0 saturated carbocycles. The molecule has 0 spiro atoms. The summed E-state index contributed by atoms with van der Waals surface area (Å²) in [6.45, 7) is 1.84. The molecule has 0 unspecified atom stereocenters. The zero-order valence-corrected chi connectivity index (χ0v) is 11.7. The molecular weight excluding hydrogens is 268 g/mol. The largest absolute Gasteiger partial charge is 0.372 e. The Balaban J connectivity index is 1.54. The van der Waals surface area contributed by atoms with Crippen molar-refractivity contribution >= 4 is 17.7 Å². The molecule has 0 amide bonds. The van der Waals surface area contributed by atoms with Gasteiger partial charge in [-0.1, -0.05) is 0 Å². The van der Waals surface area contributed by atoms with E-state index < -0.39 is 0 Å². The summed E-state index contributed by atoms with van der Waals surface area (Å²) in [7, 11) is 0. The molecule has 5 nitrogen and oxygen atoms in total. The van der Waals surface area contributed by atoms with Crippen LogP contribution in [-0.4, -0.2) is 49.5 Å². The number of ether oxygens (including phenoxy) is 4. The Bertz CT molecular complexity index is 331. The molecule has 3 fully saturated rings. The molecule has 3 heterocycles. The summed E-state index contributed by atoms with van der Waals surface area (Å²) in [5, 5.41) is -0.113. The maximum Gasteiger partial charge on any atom is 0.186 e. The average molecular weight is 288 g/mol. The number of rotatable bonds is 4. The van der Waals surface area contributed by atoms with Gasteiger partial charge in [0.1, 0.15) is 12.2 Å². The molecule has 0 bridgehead atoms. The van der Waals surface area contributed by atoms with Crippen molar-refractivity contribution in [3.63, 3.8) is 0 Å². The number of carbonyl (C=O) groups excluding carboxylic acids is 1. The number of fused-ring (bicyclic) bond motifs is 1. The lowest BCUT2D eigenvalue weighted by molar-refractivity contribution is -0.202. The minimum atomic E-state index is -0.129. The van der Waals surface area contributed by atoms with E-state index in [1.807, 2.05) is 0 Å². The minimum Gasteiger partial charge on any atom is -0.372 e. The molecule has 0 aromatic heterocycles. The normalized spacial score (nSPS) is 42.3. The fraction of sp³-hybridized carbons (Fsp3) is 0.923. The van der Waals surface area contributed by atoms with Gasteiger partial charge in [-0.05, 0) is 19.3 Å². The van der Waals surface area contributed by atoms with Crippen LogP contribution in [0.2, 0.25) is 0 Å². The van der Waals surface area contributed by atoms with E-state index in [0.717, 1.165) is 25.9 Å². The predicted molar refractivity (Wildman–Crippen MR) is 70.0 cm³/mol. The van der Waals surface area contributed by atoms with Crippen LogP contribution in [0.5, 0.6) is 0 Å². The van der Waals surface area contributed by atoms with E-state index in [1.54, 1.807) is 0 Å². The summed E-state index contributed by atoms with van der Waals surface area (Å²) in [5.41, 5.74) is 0. The van der Waals surface area contributed by atoms with E-state index in [4.69, 9.17) is 18.9 Å². The van der Waals surface area contributed by atoms with Gasteiger partial charge in [0.05, 0.1) is 19.3 Å². The van der Waals surface area contributed by atoms with Crippen LogP contribution in [-0.2, 0) is 23.7 Å². The average Bonchev–Trinajstić information content (AvgIpc) is 2.95. The standard InChI is InChI=1S/C13H20O5S/c14-10(19)5-8-6-16-13-9(7-17-12(8)13)18-11-3-1-2-4-15-11/h8-9,11-13H,1-7H2,(H,14,19)/t8-,9-,11+,12+,13+/m1/s1. The van der Waals surface area contributed by atoms with Crippen molar-refractivity contribution in [1.82, 2.24) is 0 Å². The van der Waals surface area contributed by atoms with Gasteiger partial charge < -0.3 is 18.9 Å². The van der Waals surface area contributed by atoms with Crippen molar-refractivity contribution in [1.29, 1.82) is 0 Å². The van der Waals surface area contributed by atoms with Crippen molar-refractivity contribution in [2.45, 2.75) is 50.3 Å². The zero-order valence-electron chi connectivity index (χ0n) is 10.8. The van der Waals surface area contributed by atoms with Crippen molar-refractivity contribution < 1.29 is 23.7 Å². The van der Waals surface area contributed by atoms with Gasteiger partial charge in [-0.3, -0.25) is 4.79 Å². The van der Waals surface area contributed by atoms with Crippen LogP contribution in [0.15, 0.2) is 0 Å². The van der Waals surface area contributed by atoms with Gasteiger partial charge in [-0.15, -0.1) is 12.6 Å². The molecule has 3 rings (SSSR count). The topological polar surface area (TPSA) is 54.0 Å². The summed E-state index contributed by atoms with van der Waals surface area (Å²) in [6.07, 6.45) is 3.28. The van der Waals surface area contributed by atoms with Gasteiger partial charge in [0, 0.05) is 18.9 Å². The third kappa shape index (κ3) is 3.13. The first-order valence-corrected chi connectivity index (χ1v) is 7.41. The molecule has 3 aliphatic heterocycles. The van der Waals surface area contributed by atoms with Crippen LogP contribution < -0.4 is 0 Å². The highest BCUT2D eigenvalue weighted by Gasteiger charge is 2.49. The fourth-order valence-electron chi connectivity index (χ4n) is 3.07. The molecule has 19 heavy (non-hydrogen) atoms. The Labute approximate surface area is 118 Å². The van der Waals surface area contributed by atoms with Gasteiger partial charge in [0.15, 0.2) is 11.4 Å². The van der Waals surface area contributed by atoms with Gasteiger partial charge in [0.25, 0.3) is 0 Å². The van der Waals surface area contributed by atoms with Gasteiger partial charge >= 0.3 is 0 Å². The molecule has 6 heteroatoms. The van der Waals surface area contributed by atoms with E-state index >= 15 is 0 Å². The SMILES string of the molecule is O=C(S)C[C@@H]1CO[C@@H]2[C@H]1OC[C@H]2O[C@H]1CCCCO1. The van der Waals surface area contributed by atoms with E-state index in [9.17, 15) is 4.79 Å². The van der Waals surface area contributed by atoms with Crippen molar-refractivity contribution in [2.24, 2.45) is 5.92 Å². The monoisotopic (exact) mass is 288 g/mol. The minimum absolute atomic E-state index is 0.0373. The Morgan fingerprint density at radius 3 is 2.74 bits per heavy atom. The second kappa shape index (κ2) is 6.10. The Morgan fingerprint density at radius 2 is 2.00 bits per heavy atom. The van der Waals surface area contributed by atoms with Crippen LogP contribution in [0.3, 0.4) is 0 Å². The van der Waals surface area contributed by atoms with E-state index in [2.05, 4.69) is 12.6 Å². The first-order valence-electron chi connectivity index (χ1n) is 6.96. The fourth-order valence-corrected chi connectivity index (χ4v) is 3.31. The third-order valence-electron chi connectivity index (χ3n) is 4.01. The van der Waals surface area contributed by atoms with E-state index in [1.165, 1.54) is 0 Å². The molecule has 5 atom stereocenters. The summed E-state index contributed by atoms with van der Waals surface area (Å²) >= 11 is 3.83. The molecule has 0 radical (unpaired) electrons. The molecular formula is C13H20O5S. The lowest BCUT2D eigenvalue weighted by Gasteiger charge is -2.27. The van der Waals surface area contributed by atoms with Crippen molar-refractivity contribution in [3.8, 4) is 0 Å². The highest BCUT2D eigenvalue weighted by molar-refractivity contribution is 7.96. The molecule has 0 N–H and O–H groups in total. The quantitative estimate of drug-likeness (QED) is 0.787. The molecule has 108 valence electrons. The number of hydrogen-bond donors (Lipinski definition) is 1. The lowest BCUT2D eigenvalue weighted by atomic mass is 9.98. The second-order valence-corrected chi connectivity index (χ2v) is 5.92. The smallest absolute Gasteiger partial charge is 0.186 e.